The standard InChI is InChI=1S/C15H18BrN3O/c1-3-19-13(15(16)10(2)17-19)9-18-12-6-4-5-11(12)7-8-14(18)20/h7-8H,3-6,9H2,1-2H3. The lowest BCUT2D eigenvalue weighted by molar-refractivity contribution is 0.582. The number of aryl methyl sites for hydroxylation is 3. The van der Waals surface area contributed by atoms with Gasteiger partial charge in [-0.15, -0.1) is 0 Å². The van der Waals surface area contributed by atoms with Crippen LogP contribution in [0.25, 0.3) is 0 Å². The fourth-order valence-corrected chi connectivity index (χ4v) is 3.39. The molecule has 2 aromatic rings. The number of halogens is 1. The Morgan fingerprint density at radius 1 is 1.35 bits per heavy atom. The highest BCUT2D eigenvalue weighted by molar-refractivity contribution is 9.10. The number of hydrogen-bond donors (Lipinski definition) is 0. The fraction of sp³-hybridized carbons (Fsp3) is 0.467. The van der Waals surface area contributed by atoms with Crippen molar-refractivity contribution in [3.8, 4) is 0 Å². The molecule has 0 fully saturated rings. The van der Waals surface area contributed by atoms with Crippen LogP contribution < -0.4 is 5.56 Å². The molecule has 2 aromatic heterocycles. The largest absolute Gasteiger partial charge is 0.306 e. The third-order valence-electron chi connectivity index (χ3n) is 4.01. The summed E-state index contributed by atoms with van der Waals surface area (Å²) in [7, 11) is 0. The third kappa shape index (κ3) is 2.14. The van der Waals surface area contributed by atoms with Gasteiger partial charge in [-0.05, 0) is 54.6 Å². The summed E-state index contributed by atoms with van der Waals surface area (Å²) in [6.07, 6.45) is 3.23. The molecular formula is C15H18BrN3O. The van der Waals surface area contributed by atoms with Crippen molar-refractivity contribution in [1.29, 1.82) is 0 Å². The average molecular weight is 336 g/mol. The molecule has 0 N–H and O–H groups in total. The minimum atomic E-state index is 0.0825. The molecule has 0 saturated heterocycles. The van der Waals surface area contributed by atoms with Crippen molar-refractivity contribution in [2.75, 3.05) is 0 Å². The zero-order valence-corrected chi connectivity index (χ0v) is 13.4. The van der Waals surface area contributed by atoms with Gasteiger partial charge in [-0.25, -0.2) is 0 Å². The molecule has 4 nitrogen and oxygen atoms in total. The Labute approximate surface area is 126 Å². The summed E-state index contributed by atoms with van der Waals surface area (Å²) in [6, 6.07) is 3.68. The highest BCUT2D eigenvalue weighted by Crippen LogP contribution is 2.24. The van der Waals surface area contributed by atoms with Gasteiger partial charge in [-0.1, -0.05) is 6.07 Å². The lowest BCUT2D eigenvalue weighted by Gasteiger charge is -2.13. The van der Waals surface area contributed by atoms with Crippen molar-refractivity contribution in [2.45, 2.75) is 46.2 Å². The van der Waals surface area contributed by atoms with Crippen LogP contribution in [-0.4, -0.2) is 14.3 Å². The molecule has 106 valence electrons. The van der Waals surface area contributed by atoms with E-state index in [2.05, 4.69) is 28.0 Å². The van der Waals surface area contributed by atoms with Crippen LogP contribution in [0.2, 0.25) is 0 Å². The van der Waals surface area contributed by atoms with Crippen LogP contribution in [0, 0.1) is 6.92 Å². The smallest absolute Gasteiger partial charge is 0.251 e. The normalized spacial score (nSPS) is 13.8. The molecular weight excluding hydrogens is 318 g/mol. The van der Waals surface area contributed by atoms with Crippen molar-refractivity contribution in [2.24, 2.45) is 0 Å². The molecule has 5 heteroatoms. The average Bonchev–Trinajstić information content (AvgIpc) is 3.01. The third-order valence-corrected chi connectivity index (χ3v) is 5.04. The van der Waals surface area contributed by atoms with Gasteiger partial charge in [0.1, 0.15) is 0 Å². The second-order valence-corrected chi connectivity index (χ2v) is 6.04. The summed E-state index contributed by atoms with van der Waals surface area (Å²) in [5.74, 6) is 0. The number of pyridine rings is 1. The van der Waals surface area contributed by atoms with Crippen molar-refractivity contribution in [3.05, 3.63) is 49.6 Å². The predicted molar refractivity (Wildman–Crippen MR) is 82.2 cm³/mol. The Morgan fingerprint density at radius 2 is 2.15 bits per heavy atom. The van der Waals surface area contributed by atoms with E-state index in [9.17, 15) is 4.79 Å². The molecule has 0 aliphatic heterocycles. The maximum Gasteiger partial charge on any atom is 0.251 e. The van der Waals surface area contributed by atoms with E-state index in [0.29, 0.717) is 6.54 Å². The van der Waals surface area contributed by atoms with E-state index in [1.54, 1.807) is 6.07 Å². The Hall–Kier alpha value is -1.36. The van der Waals surface area contributed by atoms with E-state index in [4.69, 9.17) is 0 Å². The van der Waals surface area contributed by atoms with Crippen LogP contribution in [0.3, 0.4) is 0 Å². The van der Waals surface area contributed by atoms with E-state index in [1.807, 2.05) is 22.2 Å². The van der Waals surface area contributed by atoms with E-state index >= 15 is 0 Å². The predicted octanol–water partition coefficient (Wildman–Crippen LogP) is 2.67. The monoisotopic (exact) mass is 335 g/mol. The van der Waals surface area contributed by atoms with Crippen molar-refractivity contribution in [1.82, 2.24) is 14.3 Å². The molecule has 0 radical (unpaired) electrons. The summed E-state index contributed by atoms with van der Waals surface area (Å²) in [5, 5.41) is 4.50. The molecule has 0 aromatic carbocycles. The number of rotatable bonds is 3. The first-order chi connectivity index (χ1) is 9.61. The molecule has 1 aliphatic carbocycles. The van der Waals surface area contributed by atoms with E-state index < -0.39 is 0 Å². The summed E-state index contributed by atoms with van der Waals surface area (Å²) in [6.45, 7) is 5.46. The van der Waals surface area contributed by atoms with Crippen LogP contribution >= 0.6 is 15.9 Å². The first-order valence-corrected chi connectivity index (χ1v) is 7.84. The number of nitrogens with zero attached hydrogens (tertiary/aromatic N) is 3. The molecule has 0 amide bonds. The summed E-state index contributed by atoms with van der Waals surface area (Å²) < 4.78 is 4.90. The molecule has 0 bridgehead atoms. The number of fused-ring (bicyclic) bond motifs is 1. The molecule has 0 spiro atoms. The molecule has 2 heterocycles. The second-order valence-electron chi connectivity index (χ2n) is 5.25. The Morgan fingerprint density at radius 3 is 2.90 bits per heavy atom. The highest BCUT2D eigenvalue weighted by Gasteiger charge is 2.19. The topological polar surface area (TPSA) is 39.8 Å². The maximum absolute atomic E-state index is 12.2. The van der Waals surface area contributed by atoms with E-state index in [-0.39, 0.29) is 5.56 Å². The summed E-state index contributed by atoms with van der Waals surface area (Å²) >= 11 is 3.61. The summed E-state index contributed by atoms with van der Waals surface area (Å²) in [4.78, 5) is 12.2. The molecule has 0 saturated carbocycles. The molecule has 0 unspecified atom stereocenters. The van der Waals surface area contributed by atoms with Gasteiger partial charge in [0, 0.05) is 18.3 Å². The van der Waals surface area contributed by atoms with Gasteiger partial charge in [0.2, 0.25) is 0 Å². The van der Waals surface area contributed by atoms with Crippen molar-refractivity contribution in [3.63, 3.8) is 0 Å². The Bertz CT molecular complexity index is 715. The lowest BCUT2D eigenvalue weighted by Crippen LogP contribution is -2.24. The first kappa shape index (κ1) is 13.6. The second kappa shape index (κ2) is 5.20. The van der Waals surface area contributed by atoms with Crippen LogP contribution in [0.1, 0.15) is 36.0 Å². The minimum absolute atomic E-state index is 0.0825. The number of aromatic nitrogens is 3. The van der Waals surface area contributed by atoms with Crippen LogP contribution in [0.15, 0.2) is 21.4 Å². The molecule has 0 atom stereocenters. The van der Waals surface area contributed by atoms with Gasteiger partial charge >= 0.3 is 0 Å². The van der Waals surface area contributed by atoms with Crippen molar-refractivity contribution >= 4 is 15.9 Å². The fourth-order valence-electron chi connectivity index (χ4n) is 2.98. The quantitative estimate of drug-likeness (QED) is 0.865. The van der Waals surface area contributed by atoms with E-state index in [0.717, 1.165) is 41.7 Å². The van der Waals surface area contributed by atoms with Crippen LogP contribution in [-0.2, 0) is 25.9 Å². The van der Waals surface area contributed by atoms with Gasteiger partial charge in [0.05, 0.1) is 22.4 Å². The van der Waals surface area contributed by atoms with Gasteiger partial charge in [0.25, 0.3) is 5.56 Å². The zero-order valence-electron chi connectivity index (χ0n) is 11.8. The van der Waals surface area contributed by atoms with Gasteiger partial charge < -0.3 is 4.57 Å². The minimum Gasteiger partial charge on any atom is -0.306 e. The van der Waals surface area contributed by atoms with E-state index in [1.165, 1.54) is 11.3 Å². The Balaban J connectivity index is 2.09. The number of hydrogen-bond acceptors (Lipinski definition) is 2. The highest BCUT2D eigenvalue weighted by atomic mass is 79.9. The molecule has 1 aliphatic rings. The van der Waals surface area contributed by atoms with Crippen molar-refractivity contribution < 1.29 is 0 Å². The summed E-state index contributed by atoms with van der Waals surface area (Å²) in [5.41, 5.74) is 4.65. The lowest BCUT2D eigenvalue weighted by atomic mass is 10.2. The first-order valence-electron chi connectivity index (χ1n) is 7.05. The van der Waals surface area contributed by atoms with Gasteiger partial charge in [-0.3, -0.25) is 9.48 Å². The van der Waals surface area contributed by atoms with Crippen LogP contribution in [0.4, 0.5) is 0 Å². The maximum atomic E-state index is 12.2. The van der Waals surface area contributed by atoms with Crippen LogP contribution in [0.5, 0.6) is 0 Å². The molecule has 20 heavy (non-hydrogen) atoms. The SMILES string of the molecule is CCn1nc(C)c(Br)c1Cn1c2c(ccc1=O)CCC2. The Kier molecular flexibility index (Phi) is 3.54. The zero-order chi connectivity index (χ0) is 14.3. The molecule has 3 rings (SSSR count). The van der Waals surface area contributed by atoms with Gasteiger partial charge in [0.15, 0.2) is 0 Å². The van der Waals surface area contributed by atoms with Gasteiger partial charge in [-0.2, -0.15) is 5.10 Å².